The Hall–Kier alpha value is -0.910. The summed E-state index contributed by atoms with van der Waals surface area (Å²) in [5.74, 6) is -0.0457. The molecule has 1 aromatic carbocycles. The Morgan fingerprint density at radius 2 is 2.37 bits per heavy atom. The molecule has 4 nitrogen and oxygen atoms in total. The van der Waals surface area contributed by atoms with Gasteiger partial charge in [-0.3, -0.25) is 4.79 Å². The third kappa shape index (κ3) is 4.03. The number of hydrogen-bond acceptors (Lipinski definition) is 3. The Morgan fingerprint density at radius 3 is 3.11 bits per heavy atom. The van der Waals surface area contributed by atoms with Crippen molar-refractivity contribution in [3.8, 4) is 0 Å². The molecule has 1 aliphatic rings. The number of benzene rings is 1. The lowest BCUT2D eigenvalue weighted by Crippen LogP contribution is -2.46. The first-order valence-corrected chi connectivity index (χ1v) is 7.20. The lowest BCUT2D eigenvalue weighted by molar-refractivity contribution is -0.0175. The Kier molecular flexibility index (Phi) is 4.96. The summed E-state index contributed by atoms with van der Waals surface area (Å²) in [4.78, 5) is 14.4. The second-order valence-electron chi connectivity index (χ2n) is 4.92. The first-order valence-electron chi connectivity index (χ1n) is 6.41. The Balaban J connectivity index is 1.92. The van der Waals surface area contributed by atoms with Crippen LogP contribution >= 0.6 is 15.9 Å². The molecule has 1 fully saturated rings. The predicted molar refractivity (Wildman–Crippen MR) is 78.4 cm³/mol. The van der Waals surface area contributed by atoms with Crippen LogP contribution in [0.3, 0.4) is 0 Å². The number of nitrogens with zero attached hydrogens (tertiary/aromatic N) is 1. The molecule has 0 aromatic heterocycles. The second-order valence-corrected chi connectivity index (χ2v) is 5.84. The van der Waals surface area contributed by atoms with Crippen molar-refractivity contribution in [2.24, 2.45) is 0 Å². The Morgan fingerprint density at radius 1 is 1.58 bits per heavy atom. The standard InChI is InChI=1S/C14H19BrN2O2/c1-10-3-4-11(15)7-13(10)14(18)16-8-12-9-17(2)5-6-19-12/h3-4,7,12H,5-6,8-9H2,1-2H3,(H,16,18). The largest absolute Gasteiger partial charge is 0.374 e. The van der Waals surface area contributed by atoms with Gasteiger partial charge in [0.2, 0.25) is 0 Å². The van der Waals surface area contributed by atoms with Crippen LogP contribution < -0.4 is 5.32 Å². The van der Waals surface area contributed by atoms with E-state index in [1.165, 1.54) is 0 Å². The molecule has 0 bridgehead atoms. The maximum atomic E-state index is 12.1. The van der Waals surface area contributed by atoms with Crippen molar-refractivity contribution in [2.75, 3.05) is 33.3 Å². The highest BCUT2D eigenvalue weighted by Crippen LogP contribution is 2.16. The number of amides is 1. The van der Waals surface area contributed by atoms with Crippen molar-refractivity contribution in [1.29, 1.82) is 0 Å². The van der Waals surface area contributed by atoms with E-state index in [0.717, 1.165) is 29.7 Å². The van der Waals surface area contributed by atoms with Crippen LogP contribution in [-0.4, -0.2) is 50.2 Å². The summed E-state index contributed by atoms with van der Waals surface area (Å²) in [6, 6.07) is 5.72. The molecule has 0 saturated carbocycles. The summed E-state index contributed by atoms with van der Waals surface area (Å²) in [5, 5.41) is 2.95. The number of likely N-dealkylation sites (N-methyl/N-ethyl adjacent to an activating group) is 1. The molecule has 19 heavy (non-hydrogen) atoms. The number of hydrogen-bond donors (Lipinski definition) is 1. The molecule has 1 unspecified atom stereocenters. The van der Waals surface area contributed by atoms with Gasteiger partial charge in [-0.1, -0.05) is 22.0 Å². The number of ether oxygens (including phenoxy) is 1. The molecule has 1 N–H and O–H groups in total. The number of halogens is 1. The third-order valence-electron chi connectivity index (χ3n) is 3.28. The summed E-state index contributed by atoms with van der Waals surface area (Å²) in [7, 11) is 2.07. The minimum absolute atomic E-state index is 0.0457. The Labute approximate surface area is 122 Å². The lowest BCUT2D eigenvalue weighted by atomic mass is 10.1. The van der Waals surface area contributed by atoms with Crippen molar-refractivity contribution in [2.45, 2.75) is 13.0 Å². The van der Waals surface area contributed by atoms with E-state index in [4.69, 9.17) is 4.74 Å². The van der Waals surface area contributed by atoms with Gasteiger partial charge in [0.05, 0.1) is 12.7 Å². The highest BCUT2D eigenvalue weighted by molar-refractivity contribution is 9.10. The van der Waals surface area contributed by atoms with Crippen LogP contribution in [0, 0.1) is 6.92 Å². The van der Waals surface area contributed by atoms with Crippen LogP contribution in [0.4, 0.5) is 0 Å². The van der Waals surface area contributed by atoms with Gasteiger partial charge in [-0.25, -0.2) is 0 Å². The summed E-state index contributed by atoms with van der Waals surface area (Å²) in [5.41, 5.74) is 1.68. The first kappa shape index (κ1) is 14.5. The van der Waals surface area contributed by atoms with Crippen molar-refractivity contribution in [3.63, 3.8) is 0 Å². The zero-order chi connectivity index (χ0) is 13.8. The van der Waals surface area contributed by atoms with E-state index in [2.05, 4.69) is 33.2 Å². The molecule has 2 rings (SSSR count). The van der Waals surface area contributed by atoms with Crippen LogP contribution in [0.15, 0.2) is 22.7 Å². The second kappa shape index (κ2) is 6.50. The number of carbonyl (C=O) groups excluding carboxylic acids is 1. The predicted octanol–water partition coefficient (Wildman–Crippen LogP) is 1.82. The van der Waals surface area contributed by atoms with Gasteiger partial charge in [0.15, 0.2) is 0 Å². The van der Waals surface area contributed by atoms with E-state index in [9.17, 15) is 4.79 Å². The van der Waals surface area contributed by atoms with E-state index in [-0.39, 0.29) is 12.0 Å². The molecule has 1 atom stereocenters. The van der Waals surface area contributed by atoms with Crippen LogP contribution in [0.1, 0.15) is 15.9 Å². The maximum absolute atomic E-state index is 12.1. The fourth-order valence-electron chi connectivity index (χ4n) is 2.13. The lowest BCUT2D eigenvalue weighted by Gasteiger charge is -2.30. The van der Waals surface area contributed by atoms with Gasteiger partial charge in [0, 0.05) is 29.7 Å². The van der Waals surface area contributed by atoms with Crippen LogP contribution in [0.25, 0.3) is 0 Å². The van der Waals surface area contributed by atoms with Crippen molar-refractivity contribution in [3.05, 3.63) is 33.8 Å². The average Bonchev–Trinajstić information content (AvgIpc) is 2.39. The SMILES string of the molecule is Cc1ccc(Br)cc1C(=O)NCC1CN(C)CCO1. The topological polar surface area (TPSA) is 41.6 Å². The van der Waals surface area contributed by atoms with E-state index in [1.807, 2.05) is 25.1 Å². The molecular formula is C14H19BrN2O2. The fraction of sp³-hybridized carbons (Fsp3) is 0.500. The molecule has 0 spiro atoms. The van der Waals surface area contributed by atoms with Gasteiger partial charge in [-0.05, 0) is 31.7 Å². The first-order chi connectivity index (χ1) is 9.06. The molecule has 0 radical (unpaired) electrons. The molecule has 1 amide bonds. The smallest absolute Gasteiger partial charge is 0.251 e. The van der Waals surface area contributed by atoms with Gasteiger partial charge in [0.1, 0.15) is 0 Å². The number of carbonyl (C=O) groups is 1. The minimum atomic E-state index is -0.0457. The van der Waals surface area contributed by atoms with Gasteiger partial charge in [-0.2, -0.15) is 0 Å². The number of aryl methyl sites for hydroxylation is 1. The van der Waals surface area contributed by atoms with Gasteiger partial charge < -0.3 is 15.0 Å². The maximum Gasteiger partial charge on any atom is 0.251 e. The molecule has 0 aliphatic carbocycles. The van der Waals surface area contributed by atoms with E-state index in [0.29, 0.717) is 12.1 Å². The zero-order valence-electron chi connectivity index (χ0n) is 11.3. The summed E-state index contributed by atoms with van der Waals surface area (Å²) in [6.45, 7) is 5.03. The fourth-order valence-corrected chi connectivity index (χ4v) is 2.49. The Bertz CT molecular complexity index is 465. The van der Waals surface area contributed by atoms with Crippen molar-refractivity contribution < 1.29 is 9.53 Å². The van der Waals surface area contributed by atoms with Gasteiger partial charge in [0.25, 0.3) is 5.91 Å². The molecular weight excluding hydrogens is 308 g/mol. The minimum Gasteiger partial charge on any atom is -0.374 e. The van der Waals surface area contributed by atoms with Gasteiger partial charge in [-0.15, -0.1) is 0 Å². The molecule has 1 aromatic rings. The van der Waals surface area contributed by atoms with E-state index in [1.54, 1.807) is 0 Å². The molecule has 5 heteroatoms. The van der Waals surface area contributed by atoms with Gasteiger partial charge >= 0.3 is 0 Å². The quantitative estimate of drug-likeness (QED) is 0.921. The van der Waals surface area contributed by atoms with Crippen LogP contribution in [0.2, 0.25) is 0 Å². The summed E-state index contributed by atoms with van der Waals surface area (Å²) >= 11 is 3.39. The van der Waals surface area contributed by atoms with E-state index >= 15 is 0 Å². The normalized spacial score (nSPS) is 20.3. The third-order valence-corrected chi connectivity index (χ3v) is 3.77. The molecule has 1 saturated heterocycles. The highest BCUT2D eigenvalue weighted by Gasteiger charge is 2.19. The van der Waals surface area contributed by atoms with Crippen LogP contribution in [-0.2, 0) is 4.74 Å². The molecule has 1 heterocycles. The molecule has 104 valence electrons. The van der Waals surface area contributed by atoms with Crippen molar-refractivity contribution in [1.82, 2.24) is 10.2 Å². The summed E-state index contributed by atoms with van der Waals surface area (Å²) < 4.78 is 6.54. The average molecular weight is 327 g/mol. The monoisotopic (exact) mass is 326 g/mol. The zero-order valence-corrected chi connectivity index (χ0v) is 12.9. The number of morpholine rings is 1. The van der Waals surface area contributed by atoms with Crippen molar-refractivity contribution >= 4 is 21.8 Å². The number of rotatable bonds is 3. The summed E-state index contributed by atoms with van der Waals surface area (Å²) in [6.07, 6.45) is 0.0789. The van der Waals surface area contributed by atoms with Crippen LogP contribution in [0.5, 0.6) is 0 Å². The number of nitrogens with one attached hydrogen (secondary N) is 1. The molecule has 1 aliphatic heterocycles. The van der Waals surface area contributed by atoms with E-state index < -0.39 is 0 Å². The highest BCUT2D eigenvalue weighted by atomic mass is 79.9.